The predicted molar refractivity (Wildman–Crippen MR) is 51.9 cm³/mol. The second-order valence-electron chi connectivity index (χ2n) is 4.67. The number of hydrogen-bond donors (Lipinski definition) is 1. The van der Waals surface area contributed by atoms with Gasteiger partial charge in [0.25, 0.3) is 5.85 Å². The summed E-state index contributed by atoms with van der Waals surface area (Å²) in [6.45, 7) is 3.00. The lowest BCUT2D eigenvalue weighted by Gasteiger charge is -2.36. The van der Waals surface area contributed by atoms with Crippen LogP contribution in [0.15, 0.2) is 12.7 Å². The zero-order chi connectivity index (χ0) is 12.8. The van der Waals surface area contributed by atoms with Crippen LogP contribution in [0.3, 0.4) is 0 Å². The van der Waals surface area contributed by atoms with Gasteiger partial charge < -0.3 is 9.84 Å². The van der Waals surface area contributed by atoms with Crippen LogP contribution in [0.2, 0.25) is 0 Å². The Morgan fingerprint density at radius 3 is 2.59 bits per heavy atom. The van der Waals surface area contributed by atoms with E-state index in [1.165, 1.54) is 0 Å². The minimum atomic E-state index is -3.76. The van der Waals surface area contributed by atoms with E-state index in [-0.39, 0.29) is 19.4 Å². The molecule has 2 rings (SSSR count). The van der Waals surface area contributed by atoms with Crippen LogP contribution >= 0.6 is 0 Å². The number of carbonyl (C=O) groups excluding carboxylic acids is 1. The summed E-state index contributed by atoms with van der Waals surface area (Å²) in [5.74, 6) is -10.8. The van der Waals surface area contributed by atoms with Crippen molar-refractivity contribution in [2.24, 2.45) is 17.8 Å². The number of aliphatic hydroxyl groups is 1. The average Bonchev–Trinajstić information content (AvgIpc) is 2.75. The average molecular weight is 250 g/mol. The topological polar surface area (TPSA) is 46.5 Å². The summed E-state index contributed by atoms with van der Waals surface area (Å²) < 4.78 is 45.1. The molecule has 0 aromatic carbocycles. The van der Waals surface area contributed by atoms with Gasteiger partial charge in [-0.2, -0.15) is 8.78 Å². The SMILES string of the molecule is C=CC(=O)OCC1CC2CC1C(F)(F)C2(O)F. The highest BCUT2D eigenvalue weighted by Gasteiger charge is 2.74. The third-order valence-corrected chi connectivity index (χ3v) is 3.78. The maximum Gasteiger partial charge on any atom is 0.330 e. The fraction of sp³-hybridized carbons (Fsp3) is 0.727. The monoisotopic (exact) mass is 250 g/mol. The second-order valence-corrected chi connectivity index (χ2v) is 4.67. The van der Waals surface area contributed by atoms with E-state index in [1.54, 1.807) is 0 Å². The van der Waals surface area contributed by atoms with Crippen molar-refractivity contribution < 1.29 is 27.8 Å². The number of rotatable bonds is 3. The maximum absolute atomic E-state index is 13.5. The molecule has 96 valence electrons. The largest absolute Gasteiger partial charge is 0.462 e. The van der Waals surface area contributed by atoms with Crippen molar-refractivity contribution in [1.29, 1.82) is 0 Å². The van der Waals surface area contributed by atoms with Crippen molar-refractivity contribution in [1.82, 2.24) is 0 Å². The second kappa shape index (κ2) is 3.73. The van der Waals surface area contributed by atoms with E-state index in [4.69, 9.17) is 9.84 Å². The highest BCUT2D eigenvalue weighted by molar-refractivity contribution is 5.81. The van der Waals surface area contributed by atoms with Crippen LogP contribution < -0.4 is 0 Å². The minimum absolute atomic E-state index is 0.0731. The van der Waals surface area contributed by atoms with E-state index < -0.39 is 35.5 Å². The first-order chi connectivity index (χ1) is 7.80. The fourth-order valence-electron chi connectivity index (χ4n) is 2.85. The summed E-state index contributed by atoms with van der Waals surface area (Å²) in [6, 6.07) is 0. The molecule has 4 atom stereocenters. The highest BCUT2D eigenvalue weighted by atomic mass is 19.3. The third kappa shape index (κ3) is 1.66. The number of hydrogen-bond acceptors (Lipinski definition) is 3. The first-order valence-electron chi connectivity index (χ1n) is 5.39. The molecule has 0 aliphatic heterocycles. The Kier molecular flexibility index (Phi) is 2.72. The number of fused-ring (bicyclic) bond motifs is 2. The normalized spacial score (nSPS) is 42.5. The summed E-state index contributed by atoms with van der Waals surface area (Å²) in [7, 11) is 0. The quantitative estimate of drug-likeness (QED) is 0.612. The van der Waals surface area contributed by atoms with Gasteiger partial charge in [-0.25, -0.2) is 9.18 Å². The molecule has 1 N–H and O–H groups in total. The summed E-state index contributed by atoms with van der Waals surface area (Å²) in [5, 5.41) is 9.11. The molecule has 0 aromatic rings. The van der Waals surface area contributed by atoms with Gasteiger partial charge in [-0.1, -0.05) is 6.58 Å². The smallest absolute Gasteiger partial charge is 0.330 e. The van der Waals surface area contributed by atoms with E-state index in [1.807, 2.05) is 0 Å². The fourth-order valence-corrected chi connectivity index (χ4v) is 2.85. The molecule has 2 fully saturated rings. The van der Waals surface area contributed by atoms with E-state index in [0.717, 1.165) is 6.08 Å². The molecule has 2 bridgehead atoms. The molecular formula is C11H13F3O3. The Balaban J connectivity index is 2.03. The lowest BCUT2D eigenvalue weighted by molar-refractivity contribution is -0.285. The molecule has 0 spiro atoms. The van der Waals surface area contributed by atoms with Crippen LogP contribution in [0.4, 0.5) is 13.2 Å². The van der Waals surface area contributed by atoms with E-state index in [0.29, 0.717) is 0 Å². The molecule has 2 aliphatic rings. The number of ether oxygens (including phenoxy) is 1. The Morgan fingerprint density at radius 1 is 1.47 bits per heavy atom. The summed E-state index contributed by atoms with van der Waals surface area (Å²) in [6.07, 6.45) is 0.977. The van der Waals surface area contributed by atoms with Crippen molar-refractivity contribution >= 4 is 5.97 Å². The van der Waals surface area contributed by atoms with Crippen molar-refractivity contribution in [3.63, 3.8) is 0 Å². The molecule has 0 heterocycles. The minimum Gasteiger partial charge on any atom is -0.462 e. The molecule has 2 saturated carbocycles. The van der Waals surface area contributed by atoms with Gasteiger partial charge in [0.15, 0.2) is 0 Å². The zero-order valence-corrected chi connectivity index (χ0v) is 9.04. The lowest BCUT2D eigenvalue weighted by atomic mass is 9.83. The number of alkyl halides is 3. The van der Waals surface area contributed by atoms with Crippen LogP contribution in [-0.2, 0) is 9.53 Å². The van der Waals surface area contributed by atoms with E-state index >= 15 is 0 Å². The molecule has 3 nitrogen and oxygen atoms in total. The predicted octanol–water partition coefficient (Wildman–Crippen LogP) is 1.66. The highest BCUT2D eigenvalue weighted by Crippen LogP contribution is 2.62. The first-order valence-corrected chi connectivity index (χ1v) is 5.39. The van der Waals surface area contributed by atoms with Gasteiger partial charge in [0.1, 0.15) is 0 Å². The van der Waals surface area contributed by atoms with Gasteiger partial charge in [-0.3, -0.25) is 0 Å². The number of esters is 1. The molecule has 6 heteroatoms. The van der Waals surface area contributed by atoms with Crippen molar-refractivity contribution in [3.05, 3.63) is 12.7 Å². The van der Waals surface area contributed by atoms with Gasteiger partial charge in [0.2, 0.25) is 0 Å². The Labute approximate surface area is 96.3 Å². The van der Waals surface area contributed by atoms with Crippen molar-refractivity contribution in [2.45, 2.75) is 24.6 Å². The molecule has 0 saturated heterocycles. The van der Waals surface area contributed by atoms with Gasteiger partial charge in [0.05, 0.1) is 6.61 Å². The van der Waals surface area contributed by atoms with Crippen LogP contribution in [-0.4, -0.2) is 29.5 Å². The van der Waals surface area contributed by atoms with Gasteiger partial charge in [-0.15, -0.1) is 0 Å². The van der Waals surface area contributed by atoms with Crippen LogP contribution in [0.5, 0.6) is 0 Å². The molecule has 2 aliphatic carbocycles. The van der Waals surface area contributed by atoms with Gasteiger partial charge in [0, 0.05) is 23.8 Å². The Bertz CT molecular complexity index is 354. The summed E-state index contributed by atoms with van der Waals surface area (Å²) >= 11 is 0. The zero-order valence-electron chi connectivity index (χ0n) is 9.04. The molecule has 0 radical (unpaired) electrons. The molecule has 4 unspecified atom stereocenters. The van der Waals surface area contributed by atoms with Gasteiger partial charge in [-0.05, 0) is 12.8 Å². The Morgan fingerprint density at radius 2 is 2.12 bits per heavy atom. The van der Waals surface area contributed by atoms with E-state index in [9.17, 15) is 18.0 Å². The van der Waals surface area contributed by atoms with Crippen molar-refractivity contribution in [3.8, 4) is 0 Å². The van der Waals surface area contributed by atoms with E-state index in [2.05, 4.69) is 6.58 Å². The molecule has 17 heavy (non-hydrogen) atoms. The summed E-state index contributed by atoms with van der Waals surface area (Å²) in [4.78, 5) is 10.8. The van der Waals surface area contributed by atoms with Crippen LogP contribution in [0.1, 0.15) is 12.8 Å². The third-order valence-electron chi connectivity index (χ3n) is 3.78. The number of carbonyl (C=O) groups is 1. The lowest BCUT2D eigenvalue weighted by Crippen LogP contribution is -2.52. The number of halogens is 3. The van der Waals surface area contributed by atoms with Crippen molar-refractivity contribution in [2.75, 3.05) is 6.61 Å². The first kappa shape index (κ1) is 12.4. The summed E-state index contributed by atoms with van der Waals surface area (Å²) in [5.41, 5.74) is 0. The molecule has 0 amide bonds. The standard InChI is InChI=1S/C11H13F3O3/c1-2-9(15)17-5-6-3-7-4-8(6)10(12,13)11(7,14)16/h2,6-8,16H,1,3-5H2. The molecular weight excluding hydrogens is 237 g/mol. The molecule has 0 aromatic heterocycles. The van der Waals surface area contributed by atoms with Crippen LogP contribution in [0, 0.1) is 17.8 Å². The van der Waals surface area contributed by atoms with Crippen LogP contribution in [0.25, 0.3) is 0 Å². The Hall–Kier alpha value is -1.04. The van der Waals surface area contributed by atoms with Gasteiger partial charge >= 0.3 is 11.9 Å². The maximum atomic E-state index is 13.5.